The molecular formula is C16H20BrClN2O. The minimum atomic E-state index is -0.0986. The molecule has 3 rings (SSSR count). The topological polar surface area (TPSA) is 27.1 Å². The van der Waals surface area contributed by atoms with Crippen molar-refractivity contribution in [3.63, 3.8) is 0 Å². The van der Waals surface area contributed by atoms with Crippen molar-refractivity contribution in [2.75, 3.05) is 13.2 Å². The monoisotopic (exact) mass is 370 g/mol. The van der Waals surface area contributed by atoms with E-state index in [2.05, 4.69) is 45.6 Å². The number of imidazole rings is 1. The van der Waals surface area contributed by atoms with E-state index in [4.69, 9.17) is 21.3 Å². The molecule has 2 atom stereocenters. The molecule has 1 saturated heterocycles. The van der Waals surface area contributed by atoms with E-state index in [1.54, 1.807) is 0 Å². The Bertz CT molecular complexity index is 634. The van der Waals surface area contributed by atoms with Gasteiger partial charge in [-0.2, -0.15) is 0 Å². The average Bonchev–Trinajstić information content (AvgIpc) is 2.86. The summed E-state index contributed by atoms with van der Waals surface area (Å²) in [5.74, 6) is 1.58. The SMILES string of the molecule is CC(Cl)c1nc2cc(Br)ccc2n1C(C)C1CCOCC1. The van der Waals surface area contributed by atoms with Gasteiger partial charge in [0.1, 0.15) is 5.82 Å². The quantitative estimate of drug-likeness (QED) is 0.703. The number of ether oxygens (including phenoxy) is 1. The van der Waals surface area contributed by atoms with E-state index in [1.807, 2.05) is 6.92 Å². The highest BCUT2D eigenvalue weighted by molar-refractivity contribution is 9.10. The van der Waals surface area contributed by atoms with Crippen molar-refractivity contribution in [3.8, 4) is 0 Å². The predicted molar refractivity (Wildman–Crippen MR) is 90.0 cm³/mol. The zero-order valence-electron chi connectivity index (χ0n) is 12.4. The van der Waals surface area contributed by atoms with Gasteiger partial charge in [-0.25, -0.2) is 4.98 Å². The average molecular weight is 372 g/mol. The van der Waals surface area contributed by atoms with E-state index >= 15 is 0 Å². The minimum Gasteiger partial charge on any atom is -0.381 e. The van der Waals surface area contributed by atoms with Crippen LogP contribution in [-0.4, -0.2) is 22.8 Å². The number of rotatable bonds is 3. The Labute approximate surface area is 138 Å². The molecule has 1 aromatic heterocycles. The van der Waals surface area contributed by atoms with E-state index in [0.717, 1.165) is 41.9 Å². The summed E-state index contributed by atoms with van der Waals surface area (Å²) in [6.45, 7) is 5.99. The molecule has 1 aliphatic rings. The highest BCUT2D eigenvalue weighted by Crippen LogP contribution is 2.35. The predicted octanol–water partition coefficient (Wildman–Crippen LogP) is 5.09. The third-order valence-corrected chi connectivity index (χ3v) is 5.08. The van der Waals surface area contributed by atoms with Crippen LogP contribution in [0, 0.1) is 5.92 Å². The standard InChI is InChI=1S/C16H20BrClN2O/c1-10(18)16-19-14-9-13(17)3-4-15(14)20(16)11(2)12-5-7-21-8-6-12/h3-4,9-12H,5-8H2,1-2H3. The molecule has 21 heavy (non-hydrogen) atoms. The van der Waals surface area contributed by atoms with Crippen LogP contribution in [0.1, 0.15) is 43.9 Å². The van der Waals surface area contributed by atoms with E-state index in [9.17, 15) is 0 Å². The van der Waals surface area contributed by atoms with Crippen molar-refractivity contribution >= 4 is 38.6 Å². The molecule has 2 aromatic rings. The van der Waals surface area contributed by atoms with Crippen LogP contribution in [0.3, 0.4) is 0 Å². The van der Waals surface area contributed by atoms with Gasteiger partial charge in [0.15, 0.2) is 0 Å². The zero-order chi connectivity index (χ0) is 15.0. The summed E-state index contributed by atoms with van der Waals surface area (Å²) in [4.78, 5) is 4.76. The number of fused-ring (bicyclic) bond motifs is 1. The van der Waals surface area contributed by atoms with Gasteiger partial charge in [-0.3, -0.25) is 0 Å². The van der Waals surface area contributed by atoms with Crippen LogP contribution >= 0.6 is 27.5 Å². The van der Waals surface area contributed by atoms with Crippen LogP contribution in [0.25, 0.3) is 11.0 Å². The van der Waals surface area contributed by atoms with Gasteiger partial charge in [0.05, 0.1) is 16.4 Å². The Kier molecular flexibility index (Phi) is 4.57. The van der Waals surface area contributed by atoms with Gasteiger partial charge in [-0.1, -0.05) is 15.9 Å². The third-order valence-electron chi connectivity index (χ3n) is 4.39. The van der Waals surface area contributed by atoms with Crippen molar-refractivity contribution in [1.82, 2.24) is 9.55 Å². The number of nitrogens with zero attached hydrogens (tertiary/aromatic N) is 2. The fraction of sp³-hybridized carbons (Fsp3) is 0.562. The lowest BCUT2D eigenvalue weighted by Gasteiger charge is -2.30. The maximum absolute atomic E-state index is 6.38. The van der Waals surface area contributed by atoms with Gasteiger partial charge < -0.3 is 9.30 Å². The highest BCUT2D eigenvalue weighted by atomic mass is 79.9. The fourth-order valence-electron chi connectivity index (χ4n) is 3.21. The van der Waals surface area contributed by atoms with E-state index < -0.39 is 0 Å². The molecule has 114 valence electrons. The second-order valence-electron chi connectivity index (χ2n) is 5.78. The van der Waals surface area contributed by atoms with Crippen LogP contribution in [0.4, 0.5) is 0 Å². The van der Waals surface area contributed by atoms with Crippen molar-refractivity contribution < 1.29 is 4.74 Å². The number of hydrogen-bond donors (Lipinski definition) is 0. The van der Waals surface area contributed by atoms with Crippen LogP contribution in [0.5, 0.6) is 0 Å². The molecule has 0 N–H and O–H groups in total. The molecule has 0 amide bonds. The molecule has 0 bridgehead atoms. The maximum atomic E-state index is 6.38. The maximum Gasteiger partial charge on any atom is 0.127 e. The number of aromatic nitrogens is 2. The Hall–Kier alpha value is -0.580. The van der Waals surface area contributed by atoms with Crippen LogP contribution < -0.4 is 0 Å². The first-order chi connectivity index (χ1) is 10.1. The first-order valence-electron chi connectivity index (χ1n) is 7.47. The molecular weight excluding hydrogens is 352 g/mol. The smallest absolute Gasteiger partial charge is 0.127 e. The summed E-state index contributed by atoms with van der Waals surface area (Å²) in [7, 11) is 0. The molecule has 0 aliphatic carbocycles. The molecule has 0 spiro atoms. The molecule has 2 heterocycles. The Morgan fingerprint density at radius 3 is 2.71 bits per heavy atom. The van der Waals surface area contributed by atoms with Crippen molar-refractivity contribution in [2.45, 2.75) is 38.1 Å². The molecule has 5 heteroatoms. The third kappa shape index (κ3) is 2.99. The van der Waals surface area contributed by atoms with Gasteiger partial charge in [0.25, 0.3) is 0 Å². The zero-order valence-corrected chi connectivity index (χ0v) is 14.7. The lowest BCUT2D eigenvalue weighted by atomic mass is 9.92. The largest absolute Gasteiger partial charge is 0.381 e. The summed E-state index contributed by atoms with van der Waals surface area (Å²) in [5.41, 5.74) is 2.17. The Balaban J connectivity index is 2.07. The second-order valence-corrected chi connectivity index (χ2v) is 7.35. The number of halogens is 2. The normalized spacial score (nSPS) is 19.8. The van der Waals surface area contributed by atoms with Gasteiger partial charge in [0, 0.05) is 23.7 Å². The summed E-state index contributed by atoms with van der Waals surface area (Å²) in [6.07, 6.45) is 2.21. The van der Waals surface area contributed by atoms with Crippen molar-refractivity contribution in [3.05, 3.63) is 28.5 Å². The van der Waals surface area contributed by atoms with Crippen LogP contribution in [0.15, 0.2) is 22.7 Å². The van der Waals surface area contributed by atoms with Gasteiger partial charge in [-0.05, 0) is 50.8 Å². The highest BCUT2D eigenvalue weighted by Gasteiger charge is 2.26. The minimum absolute atomic E-state index is 0.0986. The number of benzene rings is 1. The van der Waals surface area contributed by atoms with Gasteiger partial charge in [0.2, 0.25) is 0 Å². The first-order valence-corrected chi connectivity index (χ1v) is 8.70. The van der Waals surface area contributed by atoms with Crippen molar-refractivity contribution in [1.29, 1.82) is 0 Å². The lowest BCUT2D eigenvalue weighted by Crippen LogP contribution is -2.25. The van der Waals surface area contributed by atoms with E-state index in [1.165, 1.54) is 5.52 Å². The molecule has 0 saturated carbocycles. The Morgan fingerprint density at radius 1 is 1.33 bits per heavy atom. The fourth-order valence-corrected chi connectivity index (χ4v) is 3.71. The van der Waals surface area contributed by atoms with E-state index in [0.29, 0.717) is 12.0 Å². The summed E-state index contributed by atoms with van der Waals surface area (Å²) >= 11 is 9.90. The second kappa shape index (κ2) is 6.27. The summed E-state index contributed by atoms with van der Waals surface area (Å²) in [5, 5.41) is -0.0986. The molecule has 0 radical (unpaired) electrons. The van der Waals surface area contributed by atoms with Crippen LogP contribution in [0.2, 0.25) is 0 Å². The molecule has 3 nitrogen and oxygen atoms in total. The van der Waals surface area contributed by atoms with Gasteiger partial charge >= 0.3 is 0 Å². The lowest BCUT2D eigenvalue weighted by molar-refractivity contribution is 0.0515. The molecule has 2 unspecified atom stereocenters. The summed E-state index contributed by atoms with van der Waals surface area (Å²) in [6, 6.07) is 6.65. The molecule has 1 aromatic carbocycles. The Morgan fingerprint density at radius 2 is 2.05 bits per heavy atom. The van der Waals surface area contributed by atoms with Crippen molar-refractivity contribution in [2.24, 2.45) is 5.92 Å². The first kappa shape index (κ1) is 15.3. The number of alkyl halides is 1. The molecule has 1 aliphatic heterocycles. The molecule has 1 fully saturated rings. The van der Waals surface area contributed by atoms with Gasteiger partial charge in [-0.15, -0.1) is 11.6 Å². The van der Waals surface area contributed by atoms with E-state index in [-0.39, 0.29) is 5.38 Å². The summed E-state index contributed by atoms with van der Waals surface area (Å²) < 4.78 is 8.87. The number of hydrogen-bond acceptors (Lipinski definition) is 2. The van der Waals surface area contributed by atoms with Crippen LogP contribution in [-0.2, 0) is 4.74 Å².